The van der Waals surface area contributed by atoms with E-state index in [2.05, 4.69) is 15.9 Å². The van der Waals surface area contributed by atoms with Crippen molar-refractivity contribution in [1.82, 2.24) is 0 Å². The summed E-state index contributed by atoms with van der Waals surface area (Å²) in [7, 11) is 0. The van der Waals surface area contributed by atoms with E-state index in [4.69, 9.17) is 11.6 Å². The highest BCUT2D eigenvalue weighted by Crippen LogP contribution is 2.38. The van der Waals surface area contributed by atoms with Crippen LogP contribution < -0.4 is 0 Å². The molecule has 0 bridgehead atoms. The number of halogens is 2. The molecule has 0 aliphatic carbocycles. The van der Waals surface area contributed by atoms with Crippen LogP contribution in [0.4, 0.5) is 0 Å². The number of phenolic OH excluding ortho intramolecular Hbond substituents is 2. The first kappa shape index (κ1) is 8.68. The Morgan fingerprint density at radius 1 is 1.36 bits per heavy atom. The molecular formula is C7H6BrClO2. The van der Waals surface area contributed by atoms with Crippen LogP contribution >= 0.6 is 27.5 Å². The molecule has 60 valence electrons. The van der Waals surface area contributed by atoms with Gasteiger partial charge in [0.1, 0.15) is 11.5 Å². The van der Waals surface area contributed by atoms with Crippen LogP contribution in [-0.2, 0) is 0 Å². The Labute approximate surface area is 77.6 Å². The fourth-order valence-electron chi connectivity index (χ4n) is 0.718. The summed E-state index contributed by atoms with van der Waals surface area (Å²) in [5, 5.41) is 18.7. The molecule has 0 spiro atoms. The van der Waals surface area contributed by atoms with Crippen molar-refractivity contribution in [3.8, 4) is 11.5 Å². The van der Waals surface area contributed by atoms with Crippen molar-refractivity contribution in [3.05, 3.63) is 21.1 Å². The molecule has 11 heavy (non-hydrogen) atoms. The van der Waals surface area contributed by atoms with Crippen LogP contribution in [0.5, 0.6) is 11.5 Å². The van der Waals surface area contributed by atoms with Crippen LogP contribution in [0.15, 0.2) is 10.5 Å². The number of hydrogen-bond acceptors (Lipinski definition) is 2. The molecule has 0 amide bonds. The van der Waals surface area contributed by atoms with E-state index in [1.807, 2.05) is 0 Å². The highest BCUT2D eigenvalue weighted by molar-refractivity contribution is 9.10. The van der Waals surface area contributed by atoms with Crippen LogP contribution in [0, 0.1) is 6.92 Å². The minimum atomic E-state index is -0.0765. The van der Waals surface area contributed by atoms with Crippen molar-refractivity contribution < 1.29 is 10.2 Å². The van der Waals surface area contributed by atoms with Crippen LogP contribution in [-0.4, -0.2) is 10.2 Å². The smallest absolute Gasteiger partial charge is 0.140 e. The molecule has 0 unspecified atom stereocenters. The maximum absolute atomic E-state index is 9.25. The third-order valence-electron chi connectivity index (χ3n) is 1.42. The predicted octanol–water partition coefficient (Wildman–Crippen LogP) is 2.82. The molecule has 1 aromatic carbocycles. The molecule has 0 radical (unpaired) electrons. The molecule has 4 heteroatoms. The third kappa shape index (κ3) is 1.44. The second kappa shape index (κ2) is 2.91. The van der Waals surface area contributed by atoms with Gasteiger partial charge >= 0.3 is 0 Å². The fourth-order valence-corrected chi connectivity index (χ4v) is 1.63. The van der Waals surface area contributed by atoms with Gasteiger partial charge in [0.15, 0.2) is 0 Å². The number of rotatable bonds is 0. The van der Waals surface area contributed by atoms with E-state index in [0.29, 0.717) is 10.0 Å². The molecule has 2 N–H and O–H groups in total. The Balaban J connectivity index is 3.46. The summed E-state index contributed by atoms with van der Waals surface area (Å²) >= 11 is 8.69. The van der Waals surface area contributed by atoms with E-state index < -0.39 is 0 Å². The van der Waals surface area contributed by atoms with Gasteiger partial charge in [0.25, 0.3) is 0 Å². The van der Waals surface area contributed by atoms with Crippen molar-refractivity contribution in [3.63, 3.8) is 0 Å². The van der Waals surface area contributed by atoms with E-state index in [9.17, 15) is 10.2 Å². The van der Waals surface area contributed by atoms with Gasteiger partial charge in [-0.1, -0.05) is 11.6 Å². The molecule has 0 aliphatic rings. The van der Waals surface area contributed by atoms with Crippen LogP contribution in [0.25, 0.3) is 0 Å². The normalized spacial score (nSPS) is 10.1. The zero-order valence-corrected chi connectivity index (χ0v) is 8.07. The second-order valence-corrected chi connectivity index (χ2v) is 3.42. The highest BCUT2D eigenvalue weighted by Gasteiger charge is 2.10. The number of hydrogen-bond donors (Lipinski definition) is 2. The van der Waals surface area contributed by atoms with Crippen LogP contribution in [0.1, 0.15) is 5.56 Å². The van der Waals surface area contributed by atoms with Crippen molar-refractivity contribution in [2.75, 3.05) is 0 Å². The molecule has 0 aliphatic heterocycles. The minimum absolute atomic E-state index is 0.0203. The molecule has 1 rings (SSSR count). The molecular weight excluding hydrogens is 231 g/mol. The molecule has 1 aromatic rings. The van der Waals surface area contributed by atoms with Gasteiger partial charge in [-0.25, -0.2) is 0 Å². The van der Waals surface area contributed by atoms with Gasteiger partial charge in [-0.3, -0.25) is 0 Å². The topological polar surface area (TPSA) is 40.5 Å². The van der Waals surface area contributed by atoms with Crippen molar-refractivity contribution in [1.29, 1.82) is 0 Å². The molecule has 0 atom stereocenters. The predicted molar refractivity (Wildman–Crippen MR) is 47.2 cm³/mol. The fraction of sp³-hybridized carbons (Fsp3) is 0.143. The van der Waals surface area contributed by atoms with E-state index in [1.54, 1.807) is 6.92 Å². The van der Waals surface area contributed by atoms with Crippen molar-refractivity contribution in [2.24, 2.45) is 0 Å². The van der Waals surface area contributed by atoms with Crippen LogP contribution in [0.3, 0.4) is 0 Å². The van der Waals surface area contributed by atoms with E-state index in [1.165, 1.54) is 6.07 Å². The summed E-state index contributed by atoms with van der Waals surface area (Å²) < 4.78 is 0.484. The maximum Gasteiger partial charge on any atom is 0.140 e. The largest absolute Gasteiger partial charge is 0.506 e. The SMILES string of the molecule is Cc1c(O)c(Cl)cc(Br)c1O. The lowest BCUT2D eigenvalue weighted by Gasteiger charge is -2.05. The Hall–Kier alpha value is -0.410. The zero-order chi connectivity index (χ0) is 8.59. The van der Waals surface area contributed by atoms with Gasteiger partial charge in [0, 0.05) is 5.56 Å². The maximum atomic E-state index is 9.25. The van der Waals surface area contributed by atoms with Gasteiger partial charge in [0.2, 0.25) is 0 Å². The first-order chi connectivity index (χ1) is 5.04. The summed E-state index contributed by atoms with van der Waals surface area (Å²) in [6.07, 6.45) is 0. The quantitative estimate of drug-likeness (QED) is 0.728. The number of phenols is 2. The van der Waals surface area contributed by atoms with Gasteiger partial charge in [0.05, 0.1) is 9.50 Å². The van der Waals surface area contributed by atoms with Gasteiger partial charge < -0.3 is 10.2 Å². The monoisotopic (exact) mass is 236 g/mol. The van der Waals surface area contributed by atoms with Gasteiger partial charge in [-0.15, -0.1) is 0 Å². The summed E-state index contributed by atoms with van der Waals surface area (Å²) in [6.45, 7) is 1.58. The lowest BCUT2D eigenvalue weighted by atomic mass is 10.2. The average molecular weight is 237 g/mol. The van der Waals surface area contributed by atoms with Crippen LogP contribution in [0.2, 0.25) is 5.02 Å². The lowest BCUT2D eigenvalue weighted by molar-refractivity contribution is 0.441. The summed E-state index contributed by atoms with van der Waals surface area (Å²) in [5.41, 5.74) is 0.379. The third-order valence-corrected chi connectivity index (χ3v) is 2.31. The molecule has 0 saturated heterocycles. The van der Waals surface area contributed by atoms with E-state index in [0.717, 1.165) is 0 Å². The average Bonchev–Trinajstić information content (AvgIpc) is 1.97. The first-order valence-corrected chi connectivity index (χ1v) is 4.07. The summed E-state index contributed by atoms with van der Waals surface area (Å²) in [6, 6.07) is 1.44. The second-order valence-electron chi connectivity index (χ2n) is 2.16. The Kier molecular flexibility index (Phi) is 2.30. The zero-order valence-electron chi connectivity index (χ0n) is 5.73. The minimum Gasteiger partial charge on any atom is -0.506 e. The molecule has 0 saturated carbocycles. The molecule has 0 heterocycles. The van der Waals surface area contributed by atoms with Gasteiger partial charge in [-0.2, -0.15) is 0 Å². The molecule has 0 fully saturated rings. The lowest BCUT2D eigenvalue weighted by Crippen LogP contribution is -1.79. The van der Waals surface area contributed by atoms with Crippen molar-refractivity contribution >= 4 is 27.5 Å². The Bertz CT molecular complexity index is 273. The first-order valence-electron chi connectivity index (χ1n) is 2.90. The van der Waals surface area contributed by atoms with Crippen molar-refractivity contribution in [2.45, 2.75) is 6.92 Å². The Morgan fingerprint density at radius 3 is 2.45 bits per heavy atom. The summed E-state index contributed by atoms with van der Waals surface area (Å²) in [4.78, 5) is 0. The Morgan fingerprint density at radius 2 is 1.91 bits per heavy atom. The van der Waals surface area contributed by atoms with E-state index in [-0.39, 0.29) is 16.5 Å². The number of aromatic hydroxyl groups is 2. The number of benzene rings is 1. The summed E-state index contributed by atoms with van der Waals surface area (Å²) in [5.74, 6) is -0.0562. The van der Waals surface area contributed by atoms with Gasteiger partial charge in [-0.05, 0) is 28.9 Å². The molecule has 0 aromatic heterocycles. The standard InChI is InChI=1S/C7H6BrClO2/c1-3-6(10)4(8)2-5(9)7(3)11/h2,10-11H,1H3. The van der Waals surface area contributed by atoms with E-state index >= 15 is 0 Å². The highest BCUT2D eigenvalue weighted by atomic mass is 79.9. The molecule has 2 nitrogen and oxygen atoms in total.